The molecule has 18 heavy (non-hydrogen) atoms. The minimum absolute atomic E-state index is 0.180. The summed E-state index contributed by atoms with van der Waals surface area (Å²) in [6.07, 6.45) is 5.96. The zero-order valence-electron chi connectivity index (χ0n) is 11.3. The summed E-state index contributed by atoms with van der Waals surface area (Å²) in [6.45, 7) is 0. The fourth-order valence-corrected chi connectivity index (χ4v) is 3.33. The van der Waals surface area contributed by atoms with Gasteiger partial charge in [-0.15, -0.1) is 0 Å². The van der Waals surface area contributed by atoms with Crippen LogP contribution in [-0.4, -0.2) is 30.6 Å². The van der Waals surface area contributed by atoms with Gasteiger partial charge in [0.2, 0.25) is 0 Å². The van der Waals surface area contributed by atoms with Crippen molar-refractivity contribution < 1.29 is 0 Å². The Morgan fingerprint density at radius 2 is 1.78 bits per heavy atom. The van der Waals surface area contributed by atoms with Gasteiger partial charge in [-0.3, -0.25) is 0 Å². The smallest absolute Gasteiger partial charge is 0.0406 e. The van der Waals surface area contributed by atoms with E-state index >= 15 is 0 Å². The summed E-state index contributed by atoms with van der Waals surface area (Å²) in [7, 11) is 4.32. The number of hydrogen-bond donors (Lipinski definition) is 1. The molecule has 2 nitrogen and oxygen atoms in total. The molecule has 1 unspecified atom stereocenters. The molecule has 0 saturated heterocycles. The van der Waals surface area contributed by atoms with E-state index in [9.17, 15) is 0 Å². The zero-order chi connectivity index (χ0) is 13.2. The molecule has 1 saturated carbocycles. The summed E-state index contributed by atoms with van der Waals surface area (Å²) >= 11 is 5.91. The van der Waals surface area contributed by atoms with Gasteiger partial charge < -0.3 is 10.6 Å². The van der Waals surface area contributed by atoms with Crippen molar-refractivity contribution >= 4 is 11.6 Å². The van der Waals surface area contributed by atoms with Gasteiger partial charge in [0.25, 0.3) is 0 Å². The standard InChI is InChI=1S/C15H23ClN2/c1-18(2)15(9-3-4-10-15)14(17)11-12-5-7-13(16)8-6-12/h5-8,14H,3-4,9-11,17H2,1-2H3. The number of nitrogens with two attached hydrogens (primary N) is 1. The second-order valence-corrected chi connectivity index (χ2v) is 6.08. The molecular formula is C15H23ClN2. The second-order valence-electron chi connectivity index (χ2n) is 5.64. The molecule has 1 aromatic carbocycles. The van der Waals surface area contributed by atoms with E-state index in [2.05, 4.69) is 31.1 Å². The van der Waals surface area contributed by atoms with Crippen LogP contribution in [-0.2, 0) is 6.42 Å². The third-order valence-corrected chi connectivity index (χ3v) is 4.67. The first-order chi connectivity index (χ1) is 8.54. The van der Waals surface area contributed by atoms with Crippen molar-refractivity contribution in [1.82, 2.24) is 4.90 Å². The van der Waals surface area contributed by atoms with Gasteiger partial charge in [-0.1, -0.05) is 36.6 Å². The highest BCUT2D eigenvalue weighted by Gasteiger charge is 2.41. The summed E-state index contributed by atoms with van der Waals surface area (Å²) in [5.74, 6) is 0. The van der Waals surface area contributed by atoms with Gasteiger partial charge in [-0.25, -0.2) is 0 Å². The molecule has 100 valence electrons. The molecule has 1 aliphatic carbocycles. The minimum Gasteiger partial charge on any atom is -0.326 e. The number of benzene rings is 1. The highest BCUT2D eigenvalue weighted by Crippen LogP contribution is 2.37. The van der Waals surface area contributed by atoms with Gasteiger partial charge >= 0.3 is 0 Å². The van der Waals surface area contributed by atoms with Crippen LogP contribution < -0.4 is 5.73 Å². The van der Waals surface area contributed by atoms with E-state index in [4.69, 9.17) is 17.3 Å². The lowest BCUT2D eigenvalue weighted by atomic mass is 9.84. The van der Waals surface area contributed by atoms with Crippen LogP contribution in [0.2, 0.25) is 5.02 Å². The molecule has 1 aromatic rings. The number of hydrogen-bond acceptors (Lipinski definition) is 2. The molecule has 0 bridgehead atoms. The van der Waals surface area contributed by atoms with Gasteiger partial charge in [0.05, 0.1) is 0 Å². The van der Waals surface area contributed by atoms with E-state index in [1.807, 2.05) is 12.1 Å². The van der Waals surface area contributed by atoms with Crippen LogP contribution in [0.15, 0.2) is 24.3 Å². The second kappa shape index (κ2) is 5.60. The maximum Gasteiger partial charge on any atom is 0.0406 e. The van der Waals surface area contributed by atoms with Gasteiger partial charge in [-0.05, 0) is 51.1 Å². The Labute approximate surface area is 115 Å². The lowest BCUT2D eigenvalue weighted by Crippen LogP contribution is -2.56. The normalized spacial score (nSPS) is 20.3. The molecule has 3 heteroatoms. The lowest BCUT2D eigenvalue weighted by molar-refractivity contribution is 0.123. The number of rotatable bonds is 4. The molecule has 0 aliphatic heterocycles. The predicted molar refractivity (Wildman–Crippen MR) is 78.0 cm³/mol. The Morgan fingerprint density at radius 3 is 2.28 bits per heavy atom. The SMILES string of the molecule is CN(C)C1(C(N)Cc2ccc(Cl)cc2)CCCC1. The topological polar surface area (TPSA) is 29.3 Å². The fourth-order valence-electron chi connectivity index (χ4n) is 3.20. The van der Waals surface area contributed by atoms with E-state index in [1.165, 1.54) is 31.2 Å². The highest BCUT2D eigenvalue weighted by atomic mass is 35.5. The van der Waals surface area contributed by atoms with E-state index < -0.39 is 0 Å². The Balaban J connectivity index is 2.10. The molecule has 1 atom stereocenters. The lowest BCUT2D eigenvalue weighted by Gasteiger charge is -2.41. The molecule has 0 spiro atoms. The largest absolute Gasteiger partial charge is 0.326 e. The molecule has 2 rings (SSSR count). The van der Waals surface area contributed by atoms with Crippen LogP contribution in [0, 0.1) is 0 Å². The summed E-state index contributed by atoms with van der Waals surface area (Å²) in [5.41, 5.74) is 7.97. The van der Waals surface area contributed by atoms with Gasteiger partial charge in [0, 0.05) is 16.6 Å². The summed E-state index contributed by atoms with van der Waals surface area (Å²) in [5, 5.41) is 0.788. The first kappa shape index (κ1) is 13.9. The summed E-state index contributed by atoms with van der Waals surface area (Å²) < 4.78 is 0. The predicted octanol–water partition coefficient (Wildman–Crippen LogP) is 3.08. The molecule has 0 amide bonds. The minimum atomic E-state index is 0.180. The maximum absolute atomic E-state index is 6.51. The van der Waals surface area contributed by atoms with Crippen molar-refractivity contribution in [2.45, 2.75) is 43.7 Å². The first-order valence-corrected chi connectivity index (χ1v) is 7.10. The Bertz CT molecular complexity index is 380. The van der Waals surface area contributed by atoms with E-state index in [0.717, 1.165) is 11.4 Å². The van der Waals surface area contributed by atoms with Crippen LogP contribution in [0.5, 0.6) is 0 Å². The average molecular weight is 267 g/mol. The van der Waals surface area contributed by atoms with Gasteiger partial charge in [0.1, 0.15) is 0 Å². The Morgan fingerprint density at radius 1 is 1.22 bits per heavy atom. The molecule has 1 aliphatic rings. The van der Waals surface area contributed by atoms with E-state index in [0.29, 0.717) is 0 Å². The van der Waals surface area contributed by atoms with Crippen LogP contribution in [0.25, 0.3) is 0 Å². The summed E-state index contributed by atoms with van der Waals surface area (Å²) in [4.78, 5) is 2.33. The van der Waals surface area contributed by atoms with Gasteiger partial charge in [0.15, 0.2) is 0 Å². The van der Waals surface area contributed by atoms with Crippen LogP contribution in [0.1, 0.15) is 31.2 Å². The molecule has 0 heterocycles. The molecule has 0 radical (unpaired) electrons. The van der Waals surface area contributed by atoms with Crippen molar-refractivity contribution in [2.75, 3.05) is 14.1 Å². The van der Waals surface area contributed by atoms with Crippen molar-refractivity contribution in [2.24, 2.45) is 5.73 Å². The highest BCUT2D eigenvalue weighted by molar-refractivity contribution is 6.30. The third-order valence-electron chi connectivity index (χ3n) is 4.42. The number of likely N-dealkylation sites (N-methyl/N-ethyl adjacent to an activating group) is 1. The molecule has 0 aromatic heterocycles. The molecule has 1 fully saturated rings. The Hall–Kier alpha value is -0.570. The van der Waals surface area contributed by atoms with E-state index in [-0.39, 0.29) is 11.6 Å². The molecular weight excluding hydrogens is 244 g/mol. The third kappa shape index (κ3) is 2.71. The number of halogens is 1. The van der Waals surface area contributed by atoms with Crippen molar-refractivity contribution in [3.63, 3.8) is 0 Å². The zero-order valence-corrected chi connectivity index (χ0v) is 12.1. The Kier molecular flexibility index (Phi) is 4.31. The quantitative estimate of drug-likeness (QED) is 0.908. The van der Waals surface area contributed by atoms with Crippen molar-refractivity contribution in [3.05, 3.63) is 34.9 Å². The van der Waals surface area contributed by atoms with Crippen LogP contribution in [0.4, 0.5) is 0 Å². The summed E-state index contributed by atoms with van der Waals surface area (Å²) in [6, 6.07) is 8.25. The van der Waals surface area contributed by atoms with E-state index in [1.54, 1.807) is 0 Å². The average Bonchev–Trinajstić information content (AvgIpc) is 2.82. The number of nitrogens with zero attached hydrogens (tertiary/aromatic N) is 1. The van der Waals surface area contributed by atoms with Crippen molar-refractivity contribution in [3.8, 4) is 0 Å². The van der Waals surface area contributed by atoms with Crippen molar-refractivity contribution in [1.29, 1.82) is 0 Å². The monoisotopic (exact) mass is 266 g/mol. The first-order valence-electron chi connectivity index (χ1n) is 6.72. The maximum atomic E-state index is 6.51. The van der Waals surface area contributed by atoms with Crippen LogP contribution >= 0.6 is 11.6 Å². The fraction of sp³-hybridized carbons (Fsp3) is 0.600. The molecule has 2 N–H and O–H groups in total. The van der Waals surface area contributed by atoms with Crippen LogP contribution in [0.3, 0.4) is 0 Å². The van der Waals surface area contributed by atoms with Gasteiger partial charge in [-0.2, -0.15) is 0 Å².